The molecule has 0 aliphatic heterocycles. The molecule has 2 aromatic carbocycles. The topological polar surface area (TPSA) is 83.8 Å². The van der Waals surface area contributed by atoms with Crippen LogP contribution < -0.4 is 11.1 Å². The number of H-pyrrole nitrogens is 1. The van der Waals surface area contributed by atoms with Crippen LogP contribution in [0.3, 0.4) is 0 Å². The van der Waals surface area contributed by atoms with Gasteiger partial charge < -0.3 is 16.0 Å². The van der Waals surface area contributed by atoms with Crippen LogP contribution in [0.2, 0.25) is 0 Å². The number of hydrogen-bond acceptors (Lipinski definition) is 3. The van der Waals surface area contributed by atoms with E-state index in [4.69, 9.17) is 5.73 Å². The molecule has 0 radical (unpaired) electrons. The van der Waals surface area contributed by atoms with Gasteiger partial charge in [0.05, 0.1) is 11.0 Å². The first-order chi connectivity index (χ1) is 11.5. The summed E-state index contributed by atoms with van der Waals surface area (Å²) in [5.41, 5.74) is 9.79. The van der Waals surface area contributed by atoms with E-state index in [9.17, 15) is 4.79 Å². The van der Waals surface area contributed by atoms with Gasteiger partial charge in [-0.1, -0.05) is 43.3 Å². The monoisotopic (exact) mass is 358 g/mol. The van der Waals surface area contributed by atoms with Gasteiger partial charge >= 0.3 is 0 Å². The van der Waals surface area contributed by atoms with E-state index in [0.717, 1.165) is 28.0 Å². The highest BCUT2D eigenvalue weighted by atomic mass is 35.5. The molecule has 0 aliphatic carbocycles. The summed E-state index contributed by atoms with van der Waals surface area (Å²) in [6, 6.07) is 15.8. The molecule has 3 rings (SSSR count). The molecule has 0 fully saturated rings. The standard InChI is InChI=1S/C19H22N4O.ClH/c1-12(13(2)20)19(24)21-11-14-7-9-15(10-8-14)18-22-16-5-3-4-6-17(16)23-18;/h3-10,12-13H,11,20H2,1-2H3,(H,21,24)(H,22,23);1H. The maximum atomic E-state index is 11.9. The number of halogens is 1. The molecular weight excluding hydrogens is 336 g/mol. The van der Waals surface area contributed by atoms with Crippen LogP contribution in [-0.4, -0.2) is 21.9 Å². The number of aromatic amines is 1. The summed E-state index contributed by atoms with van der Waals surface area (Å²) in [4.78, 5) is 19.8. The molecule has 4 N–H and O–H groups in total. The number of imidazole rings is 1. The maximum absolute atomic E-state index is 11.9. The van der Waals surface area contributed by atoms with Crippen LogP contribution in [0.1, 0.15) is 19.4 Å². The number of aromatic nitrogens is 2. The van der Waals surface area contributed by atoms with Gasteiger partial charge in [-0.15, -0.1) is 12.4 Å². The summed E-state index contributed by atoms with van der Waals surface area (Å²) in [6.07, 6.45) is 0. The first-order valence-corrected chi connectivity index (χ1v) is 8.12. The summed E-state index contributed by atoms with van der Waals surface area (Å²) in [7, 11) is 0. The Kier molecular flexibility index (Phi) is 6.17. The van der Waals surface area contributed by atoms with Gasteiger partial charge in [-0.2, -0.15) is 0 Å². The quantitative estimate of drug-likeness (QED) is 0.654. The summed E-state index contributed by atoms with van der Waals surface area (Å²) in [5, 5.41) is 2.92. The Labute approximate surface area is 153 Å². The van der Waals surface area contributed by atoms with E-state index in [1.165, 1.54) is 0 Å². The van der Waals surface area contributed by atoms with Gasteiger partial charge in [0.25, 0.3) is 0 Å². The van der Waals surface area contributed by atoms with Gasteiger partial charge in [0.1, 0.15) is 5.82 Å². The first kappa shape index (κ1) is 19.0. The number of amides is 1. The summed E-state index contributed by atoms with van der Waals surface area (Å²) >= 11 is 0. The molecule has 3 aromatic rings. The number of hydrogen-bond donors (Lipinski definition) is 3. The second-order valence-corrected chi connectivity index (χ2v) is 6.17. The lowest BCUT2D eigenvalue weighted by Crippen LogP contribution is -2.38. The Balaban J connectivity index is 0.00000225. The number of benzene rings is 2. The SMILES string of the molecule is CC(N)C(C)C(=O)NCc1ccc(-c2nc3ccccc3[nH]2)cc1.Cl. The van der Waals surface area contributed by atoms with Crippen molar-refractivity contribution < 1.29 is 4.79 Å². The van der Waals surface area contributed by atoms with Crippen LogP contribution in [0.25, 0.3) is 22.4 Å². The van der Waals surface area contributed by atoms with Crippen molar-refractivity contribution in [3.05, 3.63) is 54.1 Å². The predicted octanol–water partition coefficient (Wildman–Crippen LogP) is 3.25. The Morgan fingerprint density at radius 1 is 1.16 bits per heavy atom. The predicted molar refractivity (Wildman–Crippen MR) is 103 cm³/mol. The van der Waals surface area contributed by atoms with E-state index >= 15 is 0 Å². The van der Waals surface area contributed by atoms with Crippen molar-refractivity contribution in [2.45, 2.75) is 26.4 Å². The average molecular weight is 359 g/mol. The number of nitrogens with two attached hydrogens (primary N) is 1. The van der Waals surface area contributed by atoms with Gasteiger partial charge in [-0.05, 0) is 24.6 Å². The Hall–Kier alpha value is -2.37. The second-order valence-electron chi connectivity index (χ2n) is 6.17. The third kappa shape index (κ3) is 4.38. The van der Waals surface area contributed by atoms with Crippen molar-refractivity contribution in [1.82, 2.24) is 15.3 Å². The molecule has 0 aliphatic rings. The van der Waals surface area contributed by atoms with E-state index < -0.39 is 0 Å². The number of carbonyl (C=O) groups is 1. The van der Waals surface area contributed by atoms with Crippen LogP contribution in [0.4, 0.5) is 0 Å². The molecule has 1 amide bonds. The third-order valence-corrected chi connectivity index (χ3v) is 4.29. The fourth-order valence-corrected chi connectivity index (χ4v) is 2.46. The highest BCUT2D eigenvalue weighted by Crippen LogP contribution is 2.20. The zero-order valence-corrected chi connectivity index (χ0v) is 15.1. The van der Waals surface area contributed by atoms with Crippen LogP contribution in [0.15, 0.2) is 48.5 Å². The van der Waals surface area contributed by atoms with E-state index in [2.05, 4.69) is 15.3 Å². The van der Waals surface area contributed by atoms with E-state index in [-0.39, 0.29) is 30.3 Å². The molecular formula is C19H23ClN4O. The van der Waals surface area contributed by atoms with Gasteiger partial charge in [0.15, 0.2) is 0 Å². The number of carbonyl (C=O) groups excluding carboxylic acids is 1. The fraction of sp³-hybridized carbons (Fsp3) is 0.263. The number of nitrogens with zero attached hydrogens (tertiary/aromatic N) is 1. The van der Waals surface area contributed by atoms with Crippen molar-refractivity contribution >= 4 is 29.3 Å². The van der Waals surface area contributed by atoms with Crippen molar-refractivity contribution in [3.8, 4) is 11.4 Å². The van der Waals surface area contributed by atoms with Crippen LogP contribution in [0.5, 0.6) is 0 Å². The molecule has 6 heteroatoms. The largest absolute Gasteiger partial charge is 0.352 e. The van der Waals surface area contributed by atoms with Crippen molar-refractivity contribution in [2.75, 3.05) is 0 Å². The molecule has 0 spiro atoms. The minimum absolute atomic E-state index is 0. The lowest BCUT2D eigenvalue weighted by molar-refractivity contribution is -0.125. The number of rotatable bonds is 5. The van der Waals surface area contributed by atoms with Gasteiger partial charge in [-0.25, -0.2) is 4.98 Å². The fourth-order valence-electron chi connectivity index (χ4n) is 2.46. The molecule has 25 heavy (non-hydrogen) atoms. The Morgan fingerprint density at radius 2 is 1.84 bits per heavy atom. The van der Waals surface area contributed by atoms with Crippen molar-refractivity contribution in [2.24, 2.45) is 11.7 Å². The number of para-hydroxylation sites is 2. The molecule has 1 aromatic heterocycles. The van der Waals surface area contributed by atoms with Crippen molar-refractivity contribution in [1.29, 1.82) is 0 Å². The lowest BCUT2D eigenvalue weighted by Gasteiger charge is -2.15. The molecule has 0 bridgehead atoms. The van der Waals surface area contributed by atoms with Crippen LogP contribution in [0, 0.1) is 5.92 Å². The minimum Gasteiger partial charge on any atom is -0.352 e. The lowest BCUT2D eigenvalue weighted by atomic mass is 10.0. The molecule has 0 saturated carbocycles. The van der Waals surface area contributed by atoms with Gasteiger partial charge in [0, 0.05) is 24.1 Å². The normalized spacial score (nSPS) is 13.1. The molecule has 2 unspecified atom stereocenters. The molecule has 132 valence electrons. The smallest absolute Gasteiger partial charge is 0.224 e. The van der Waals surface area contributed by atoms with E-state index in [1.807, 2.05) is 62.4 Å². The Morgan fingerprint density at radius 3 is 2.48 bits per heavy atom. The molecule has 5 nitrogen and oxygen atoms in total. The zero-order valence-electron chi connectivity index (χ0n) is 14.3. The van der Waals surface area contributed by atoms with Crippen molar-refractivity contribution in [3.63, 3.8) is 0 Å². The number of fused-ring (bicyclic) bond motifs is 1. The highest BCUT2D eigenvalue weighted by Gasteiger charge is 2.16. The zero-order chi connectivity index (χ0) is 17.1. The van der Waals surface area contributed by atoms with Crippen LogP contribution in [-0.2, 0) is 11.3 Å². The van der Waals surface area contributed by atoms with E-state index in [1.54, 1.807) is 0 Å². The third-order valence-electron chi connectivity index (χ3n) is 4.29. The average Bonchev–Trinajstić information content (AvgIpc) is 3.03. The first-order valence-electron chi connectivity index (χ1n) is 8.12. The maximum Gasteiger partial charge on any atom is 0.224 e. The van der Waals surface area contributed by atoms with E-state index in [0.29, 0.717) is 6.54 Å². The molecule has 2 atom stereocenters. The summed E-state index contributed by atoms with van der Waals surface area (Å²) < 4.78 is 0. The highest BCUT2D eigenvalue weighted by molar-refractivity contribution is 5.85. The molecule has 1 heterocycles. The van der Waals surface area contributed by atoms with Gasteiger partial charge in [-0.3, -0.25) is 4.79 Å². The van der Waals surface area contributed by atoms with Gasteiger partial charge in [0.2, 0.25) is 5.91 Å². The minimum atomic E-state index is -0.195. The molecule has 0 saturated heterocycles. The summed E-state index contributed by atoms with van der Waals surface area (Å²) in [5.74, 6) is 0.628. The van der Waals surface area contributed by atoms with Crippen LogP contribution >= 0.6 is 12.4 Å². The Bertz CT molecular complexity index is 809. The summed E-state index contributed by atoms with van der Waals surface area (Å²) in [6.45, 7) is 4.17. The number of nitrogens with one attached hydrogen (secondary N) is 2. The second kappa shape index (κ2) is 8.14.